The first-order valence-corrected chi connectivity index (χ1v) is 5.81. The Morgan fingerprint density at radius 1 is 1.53 bits per heavy atom. The Balaban J connectivity index is 2.22. The van der Waals surface area contributed by atoms with Crippen LogP contribution in [0.2, 0.25) is 0 Å². The first-order chi connectivity index (χ1) is 8.08. The van der Waals surface area contributed by atoms with Crippen molar-refractivity contribution >= 4 is 11.4 Å². The summed E-state index contributed by atoms with van der Waals surface area (Å²) in [6.45, 7) is 6.77. The van der Waals surface area contributed by atoms with E-state index in [0.29, 0.717) is 6.04 Å². The van der Waals surface area contributed by atoms with E-state index in [0.717, 1.165) is 30.9 Å². The number of anilines is 1. The van der Waals surface area contributed by atoms with Crippen LogP contribution in [-0.2, 0) is 0 Å². The fraction of sp³-hybridized carbons (Fsp3) is 0.500. The second-order valence-electron chi connectivity index (χ2n) is 4.53. The molecule has 5 heteroatoms. The standard InChI is InChI=1S/C12H17N3O2/c1-9-7-11(3-4-12(9)15(16)17)14-6-5-13-10(2)8-14/h3-4,7,10,13H,5-6,8H2,1-2H3. The lowest BCUT2D eigenvalue weighted by molar-refractivity contribution is -0.385. The van der Waals surface area contributed by atoms with Gasteiger partial charge in [0.15, 0.2) is 0 Å². The lowest BCUT2D eigenvalue weighted by Crippen LogP contribution is -2.49. The van der Waals surface area contributed by atoms with E-state index in [-0.39, 0.29) is 10.6 Å². The van der Waals surface area contributed by atoms with Crippen molar-refractivity contribution in [3.8, 4) is 0 Å². The molecule has 0 amide bonds. The minimum Gasteiger partial charge on any atom is -0.369 e. The van der Waals surface area contributed by atoms with E-state index in [2.05, 4.69) is 17.1 Å². The van der Waals surface area contributed by atoms with Crippen molar-refractivity contribution < 1.29 is 4.92 Å². The van der Waals surface area contributed by atoms with Crippen molar-refractivity contribution in [2.75, 3.05) is 24.5 Å². The maximum atomic E-state index is 10.7. The average Bonchev–Trinajstić information content (AvgIpc) is 2.28. The van der Waals surface area contributed by atoms with Gasteiger partial charge >= 0.3 is 0 Å². The maximum Gasteiger partial charge on any atom is 0.272 e. The van der Waals surface area contributed by atoms with Gasteiger partial charge in [0.2, 0.25) is 0 Å². The first kappa shape index (κ1) is 11.9. The molecule has 0 bridgehead atoms. The normalized spacial score (nSPS) is 20.4. The van der Waals surface area contributed by atoms with E-state index in [4.69, 9.17) is 0 Å². The summed E-state index contributed by atoms with van der Waals surface area (Å²) in [6.07, 6.45) is 0. The van der Waals surface area contributed by atoms with Crippen molar-refractivity contribution in [2.45, 2.75) is 19.9 Å². The molecule has 92 valence electrons. The van der Waals surface area contributed by atoms with Crippen LogP contribution in [0.25, 0.3) is 0 Å². The highest BCUT2D eigenvalue weighted by Gasteiger charge is 2.18. The van der Waals surface area contributed by atoms with Crippen molar-refractivity contribution in [1.29, 1.82) is 0 Å². The van der Waals surface area contributed by atoms with Crippen LogP contribution in [0.1, 0.15) is 12.5 Å². The molecule has 1 saturated heterocycles. The summed E-state index contributed by atoms with van der Waals surface area (Å²) in [5, 5.41) is 14.1. The summed E-state index contributed by atoms with van der Waals surface area (Å²) in [5.41, 5.74) is 1.98. The Morgan fingerprint density at radius 3 is 2.88 bits per heavy atom. The molecular formula is C12H17N3O2. The monoisotopic (exact) mass is 235 g/mol. The van der Waals surface area contributed by atoms with Gasteiger partial charge in [0.25, 0.3) is 5.69 Å². The van der Waals surface area contributed by atoms with E-state index < -0.39 is 0 Å². The highest BCUT2D eigenvalue weighted by molar-refractivity contribution is 5.55. The molecule has 2 rings (SSSR count). The SMILES string of the molecule is Cc1cc(N2CCNC(C)C2)ccc1[N+](=O)[O-]. The Kier molecular flexibility index (Phi) is 3.28. The summed E-state index contributed by atoms with van der Waals surface area (Å²) in [4.78, 5) is 12.7. The zero-order chi connectivity index (χ0) is 12.4. The minimum absolute atomic E-state index is 0.192. The fourth-order valence-electron chi connectivity index (χ4n) is 2.21. The van der Waals surface area contributed by atoms with E-state index in [1.807, 2.05) is 12.1 Å². The molecule has 1 aliphatic heterocycles. The van der Waals surface area contributed by atoms with Crippen LogP contribution >= 0.6 is 0 Å². The van der Waals surface area contributed by atoms with E-state index in [1.165, 1.54) is 0 Å². The first-order valence-electron chi connectivity index (χ1n) is 5.81. The van der Waals surface area contributed by atoms with E-state index >= 15 is 0 Å². The largest absolute Gasteiger partial charge is 0.369 e. The molecule has 1 heterocycles. The third-order valence-electron chi connectivity index (χ3n) is 3.11. The summed E-state index contributed by atoms with van der Waals surface area (Å²) >= 11 is 0. The van der Waals surface area contributed by atoms with Gasteiger partial charge < -0.3 is 10.2 Å². The van der Waals surface area contributed by atoms with Crippen LogP contribution in [0, 0.1) is 17.0 Å². The van der Waals surface area contributed by atoms with Crippen molar-refractivity contribution in [3.05, 3.63) is 33.9 Å². The fourth-order valence-corrected chi connectivity index (χ4v) is 2.21. The van der Waals surface area contributed by atoms with E-state index in [1.54, 1.807) is 13.0 Å². The van der Waals surface area contributed by atoms with Gasteiger partial charge in [-0.1, -0.05) is 0 Å². The summed E-state index contributed by atoms with van der Waals surface area (Å²) in [6, 6.07) is 5.79. The van der Waals surface area contributed by atoms with Gasteiger partial charge in [-0.3, -0.25) is 10.1 Å². The third-order valence-corrected chi connectivity index (χ3v) is 3.11. The molecule has 0 saturated carbocycles. The highest BCUT2D eigenvalue weighted by atomic mass is 16.6. The van der Waals surface area contributed by atoms with Crippen molar-refractivity contribution in [2.24, 2.45) is 0 Å². The van der Waals surface area contributed by atoms with Crippen LogP contribution < -0.4 is 10.2 Å². The number of nitro groups is 1. The molecule has 5 nitrogen and oxygen atoms in total. The van der Waals surface area contributed by atoms with Crippen molar-refractivity contribution in [1.82, 2.24) is 5.32 Å². The van der Waals surface area contributed by atoms with Crippen LogP contribution in [0.15, 0.2) is 18.2 Å². The Labute approximate surface area is 101 Å². The Hall–Kier alpha value is -1.62. The van der Waals surface area contributed by atoms with Crippen LogP contribution in [-0.4, -0.2) is 30.6 Å². The molecule has 1 aromatic rings. The average molecular weight is 235 g/mol. The molecule has 1 N–H and O–H groups in total. The summed E-state index contributed by atoms with van der Waals surface area (Å²) in [5.74, 6) is 0. The highest BCUT2D eigenvalue weighted by Crippen LogP contribution is 2.24. The number of hydrogen-bond acceptors (Lipinski definition) is 4. The van der Waals surface area contributed by atoms with Crippen LogP contribution in [0.4, 0.5) is 11.4 Å². The molecule has 0 spiro atoms. The quantitative estimate of drug-likeness (QED) is 0.626. The van der Waals surface area contributed by atoms with Crippen LogP contribution in [0.5, 0.6) is 0 Å². The molecular weight excluding hydrogens is 218 g/mol. The van der Waals surface area contributed by atoms with E-state index in [9.17, 15) is 10.1 Å². The maximum absolute atomic E-state index is 10.7. The second-order valence-corrected chi connectivity index (χ2v) is 4.53. The van der Waals surface area contributed by atoms with Gasteiger partial charge in [-0.15, -0.1) is 0 Å². The summed E-state index contributed by atoms with van der Waals surface area (Å²) < 4.78 is 0. The molecule has 1 unspecified atom stereocenters. The van der Waals surface area contributed by atoms with Gasteiger partial charge in [0.1, 0.15) is 0 Å². The molecule has 17 heavy (non-hydrogen) atoms. The molecule has 0 radical (unpaired) electrons. The predicted octanol–water partition coefficient (Wildman–Crippen LogP) is 1.70. The molecule has 0 aromatic heterocycles. The Morgan fingerprint density at radius 2 is 2.29 bits per heavy atom. The van der Waals surface area contributed by atoms with Gasteiger partial charge in [-0.2, -0.15) is 0 Å². The number of nitro benzene ring substituents is 1. The third kappa shape index (κ3) is 2.55. The number of rotatable bonds is 2. The molecule has 1 atom stereocenters. The zero-order valence-corrected chi connectivity index (χ0v) is 10.1. The number of nitrogens with one attached hydrogen (secondary N) is 1. The number of benzene rings is 1. The van der Waals surface area contributed by atoms with Gasteiger partial charge in [-0.25, -0.2) is 0 Å². The van der Waals surface area contributed by atoms with Crippen molar-refractivity contribution in [3.63, 3.8) is 0 Å². The lowest BCUT2D eigenvalue weighted by Gasteiger charge is -2.33. The zero-order valence-electron chi connectivity index (χ0n) is 10.1. The molecule has 1 aliphatic rings. The smallest absolute Gasteiger partial charge is 0.272 e. The van der Waals surface area contributed by atoms with Crippen LogP contribution in [0.3, 0.4) is 0 Å². The second kappa shape index (κ2) is 4.71. The van der Waals surface area contributed by atoms with Gasteiger partial charge in [0.05, 0.1) is 4.92 Å². The molecule has 1 aromatic carbocycles. The lowest BCUT2D eigenvalue weighted by atomic mass is 10.1. The number of nitrogens with zero attached hydrogens (tertiary/aromatic N) is 2. The number of aryl methyl sites for hydroxylation is 1. The number of piperazine rings is 1. The minimum atomic E-state index is -0.334. The van der Waals surface area contributed by atoms with Gasteiger partial charge in [-0.05, 0) is 26.0 Å². The summed E-state index contributed by atoms with van der Waals surface area (Å²) in [7, 11) is 0. The predicted molar refractivity (Wildman–Crippen MR) is 67.5 cm³/mol. The topological polar surface area (TPSA) is 58.4 Å². The van der Waals surface area contributed by atoms with Gasteiger partial charge in [0, 0.05) is 43.0 Å². The molecule has 0 aliphatic carbocycles. The number of hydrogen-bond donors (Lipinski definition) is 1. The molecule has 1 fully saturated rings. The Bertz CT molecular complexity index is 434.